The molecule has 8 heteroatoms. The Morgan fingerprint density at radius 3 is 2.75 bits per heavy atom. The topological polar surface area (TPSA) is 101 Å². The molecule has 0 saturated carbocycles. The van der Waals surface area contributed by atoms with E-state index in [0.29, 0.717) is 35.1 Å². The zero-order chi connectivity index (χ0) is 14.9. The van der Waals surface area contributed by atoms with Crippen LogP contribution in [-0.4, -0.2) is 26.9 Å². The van der Waals surface area contributed by atoms with E-state index >= 15 is 0 Å². The first kappa shape index (κ1) is 15.3. The van der Waals surface area contributed by atoms with Crippen molar-refractivity contribution in [1.82, 2.24) is 10.0 Å². The molecule has 0 aromatic heterocycles. The number of aryl methyl sites for hydroxylation is 1. The van der Waals surface area contributed by atoms with E-state index in [9.17, 15) is 13.2 Å². The van der Waals surface area contributed by atoms with E-state index in [-0.39, 0.29) is 16.8 Å². The normalized spacial score (nSPS) is 19.7. The Bertz CT molecular complexity index is 636. The van der Waals surface area contributed by atoms with Crippen molar-refractivity contribution >= 4 is 37.5 Å². The van der Waals surface area contributed by atoms with Gasteiger partial charge >= 0.3 is 0 Å². The van der Waals surface area contributed by atoms with Crippen molar-refractivity contribution in [2.45, 2.75) is 30.7 Å². The maximum absolute atomic E-state index is 12.4. The van der Waals surface area contributed by atoms with Crippen molar-refractivity contribution in [1.29, 1.82) is 0 Å². The molecule has 1 aliphatic rings. The van der Waals surface area contributed by atoms with Crippen LogP contribution in [0.2, 0.25) is 0 Å². The van der Waals surface area contributed by atoms with Crippen molar-refractivity contribution < 1.29 is 13.2 Å². The summed E-state index contributed by atoms with van der Waals surface area (Å²) in [6, 6.07) is 2.82. The first-order chi connectivity index (χ1) is 9.29. The number of anilines is 1. The van der Waals surface area contributed by atoms with Crippen molar-refractivity contribution in [3.63, 3.8) is 0 Å². The highest BCUT2D eigenvalue weighted by Crippen LogP contribution is 2.26. The van der Waals surface area contributed by atoms with Crippen LogP contribution in [0.3, 0.4) is 0 Å². The molecule has 0 radical (unpaired) electrons. The second-order valence-electron chi connectivity index (χ2n) is 4.80. The largest absolute Gasteiger partial charge is 0.398 e. The molecule has 1 unspecified atom stereocenters. The van der Waals surface area contributed by atoms with E-state index in [2.05, 4.69) is 26.0 Å². The molecule has 1 aliphatic heterocycles. The van der Waals surface area contributed by atoms with Crippen molar-refractivity contribution in [3.8, 4) is 0 Å². The van der Waals surface area contributed by atoms with Crippen molar-refractivity contribution in [3.05, 3.63) is 22.2 Å². The number of amides is 1. The second kappa shape index (κ2) is 5.71. The molecule has 0 bridgehead atoms. The van der Waals surface area contributed by atoms with E-state index in [4.69, 9.17) is 5.73 Å². The zero-order valence-electron chi connectivity index (χ0n) is 10.9. The summed E-state index contributed by atoms with van der Waals surface area (Å²) >= 11 is 3.26. The van der Waals surface area contributed by atoms with Crippen LogP contribution in [0.1, 0.15) is 18.4 Å². The molecule has 4 N–H and O–H groups in total. The van der Waals surface area contributed by atoms with Crippen LogP contribution in [0.15, 0.2) is 21.5 Å². The summed E-state index contributed by atoms with van der Waals surface area (Å²) in [6.07, 6.45) is 0.824. The standard InChI is InChI=1S/C12H16BrN3O3S/c1-7-4-9(13)10(14)5-11(7)20(18,19)16-8-2-3-12(17)15-6-8/h4-5,8,16H,2-3,6,14H2,1H3,(H,15,17). The lowest BCUT2D eigenvalue weighted by atomic mass is 10.1. The molecule has 1 amide bonds. The van der Waals surface area contributed by atoms with Gasteiger partial charge in [-0.05, 0) is 47.0 Å². The average Bonchev–Trinajstić information content (AvgIpc) is 2.36. The molecule has 110 valence electrons. The molecule has 0 aliphatic carbocycles. The number of hydrogen-bond donors (Lipinski definition) is 3. The highest BCUT2D eigenvalue weighted by atomic mass is 79.9. The van der Waals surface area contributed by atoms with Gasteiger partial charge in [0.05, 0.1) is 4.90 Å². The van der Waals surface area contributed by atoms with E-state index < -0.39 is 10.0 Å². The molecule has 1 aromatic rings. The molecule has 1 fully saturated rings. The van der Waals surface area contributed by atoms with Gasteiger partial charge in [-0.3, -0.25) is 4.79 Å². The van der Waals surface area contributed by atoms with Crippen LogP contribution in [-0.2, 0) is 14.8 Å². The summed E-state index contributed by atoms with van der Waals surface area (Å²) in [5, 5.41) is 2.64. The van der Waals surface area contributed by atoms with E-state index in [1.165, 1.54) is 6.07 Å². The Labute approximate surface area is 126 Å². The van der Waals surface area contributed by atoms with Gasteiger partial charge < -0.3 is 11.1 Å². The number of rotatable bonds is 3. The summed E-state index contributed by atoms with van der Waals surface area (Å²) in [4.78, 5) is 11.2. The first-order valence-electron chi connectivity index (χ1n) is 6.14. The fourth-order valence-corrected chi connectivity index (χ4v) is 4.06. The predicted octanol–water partition coefficient (Wildman–Crippen LogP) is 0.897. The Morgan fingerprint density at radius 1 is 1.45 bits per heavy atom. The van der Waals surface area contributed by atoms with Crippen molar-refractivity contribution in [2.75, 3.05) is 12.3 Å². The Kier molecular flexibility index (Phi) is 4.36. The number of hydrogen-bond acceptors (Lipinski definition) is 4. The first-order valence-corrected chi connectivity index (χ1v) is 8.42. The monoisotopic (exact) mass is 361 g/mol. The van der Waals surface area contributed by atoms with Gasteiger partial charge in [-0.25, -0.2) is 13.1 Å². The van der Waals surface area contributed by atoms with Gasteiger partial charge in [0.2, 0.25) is 15.9 Å². The van der Waals surface area contributed by atoms with Crippen LogP contribution >= 0.6 is 15.9 Å². The molecule has 2 rings (SSSR count). The van der Waals surface area contributed by atoms with Gasteiger partial charge in [0, 0.05) is 29.2 Å². The summed E-state index contributed by atoms with van der Waals surface area (Å²) in [7, 11) is -3.65. The van der Waals surface area contributed by atoms with Crippen molar-refractivity contribution in [2.24, 2.45) is 0 Å². The molecule has 6 nitrogen and oxygen atoms in total. The lowest BCUT2D eigenvalue weighted by molar-refractivity contribution is -0.122. The number of carbonyl (C=O) groups excluding carboxylic acids is 1. The lowest BCUT2D eigenvalue weighted by Crippen LogP contribution is -2.47. The van der Waals surface area contributed by atoms with Crippen LogP contribution in [0.5, 0.6) is 0 Å². The van der Waals surface area contributed by atoms with E-state index in [1.807, 2.05) is 0 Å². The summed E-state index contributed by atoms with van der Waals surface area (Å²) in [5.74, 6) is -0.0514. The van der Waals surface area contributed by atoms with E-state index in [1.54, 1.807) is 13.0 Å². The maximum Gasteiger partial charge on any atom is 0.241 e. The minimum absolute atomic E-state index is 0.0514. The highest BCUT2D eigenvalue weighted by molar-refractivity contribution is 9.10. The number of nitrogens with two attached hydrogens (primary N) is 1. The minimum atomic E-state index is -3.65. The smallest absolute Gasteiger partial charge is 0.241 e. The van der Waals surface area contributed by atoms with Gasteiger partial charge in [0.15, 0.2) is 0 Å². The number of halogens is 1. The molecular formula is C12H16BrN3O3S. The number of nitrogen functional groups attached to an aromatic ring is 1. The van der Waals surface area contributed by atoms with Gasteiger partial charge in [-0.2, -0.15) is 0 Å². The number of carbonyl (C=O) groups is 1. The Morgan fingerprint density at radius 2 is 2.15 bits per heavy atom. The molecule has 1 saturated heterocycles. The highest BCUT2D eigenvalue weighted by Gasteiger charge is 2.25. The van der Waals surface area contributed by atoms with Crippen LogP contribution in [0.4, 0.5) is 5.69 Å². The third-order valence-corrected chi connectivity index (χ3v) is 5.52. The molecule has 1 heterocycles. The maximum atomic E-state index is 12.4. The molecule has 20 heavy (non-hydrogen) atoms. The van der Waals surface area contributed by atoms with E-state index in [0.717, 1.165) is 0 Å². The number of benzene rings is 1. The fraction of sp³-hybridized carbons (Fsp3) is 0.417. The summed E-state index contributed by atoms with van der Waals surface area (Å²) in [5.41, 5.74) is 6.72. The number of nitrogens with one attached hydrogen (secondary N) is 2. The second-order valence-corrected chi connectivity index (χ2v) is 7.34. The third-order valence-electron chi connectivity index (χ3n) is 3.17. The number of piperidine rings is 1. The predicted molar refractivity (Wildman–Crippen MR) is 79.6 cm³/mol. The van der Waals surface area contributed by atoms with Crippen LogP contribution in [0, 0.1) is 6.92 Å². The zero-order valence-corrected chi connectivity index (χ0v) is 13.3. The van der Waals surface area contributed by atoms with Gasteiger partial charge in [0.1, 0.15) is 0 Å². The summed E-state index contributed by atoms with van der Waals surface area (Å²) in [6.45, 7) is 2.02. The molecule has 1 atom stereocenters. The van der Waals surface area contributed by atoms with Gasteiger partial charge in [-0.15, -0.1) is 0 Å². The molecule has 0 spiro atoms. The quantitative estimate of drug-likeness (QED) is 0.696. The Balaban J connectivity index is 2.22. The molecular weight excluding hydrogens is 346 g/mol. The average molecular weight is 362 g/mol. The third kappa shape index (κ3) is 3.31. The van der Waals surface area contributed by atoms with Crippen LogP contribution in [0.25, 0.3) is 0 Å². The lowest BCUT2D eigenvalue weighted by Gasteiger charge is -2.23. The van der Waals surface area contributed by atoms with Crippen LogP contribution < -0.4 is 15.8 Å². The fourth-order valence-electron chi connectivity index (χ4n) is 2.07. The minimum Gasteiger partial charge on any atom is -0.398 e. The molecule has 1 aromatic carbocycles. The number of sulfonamides is 1. The van der Waals surface area contributed by atoms with Gasteiger partial charge in [0.25, 0.3) is 0 Å². The Hall–Kier alpha value is -1.12. The summed E-state index contributed by atoms with van der Waals surface area (Å²) < 4.78 is 28.0. The van der Waals surface area contributed by atoms with Gasteiger partial charge in [-0.1, -0.05) is 0 Å². The SMILES string of the molecule is Cc1cc(Br)c(N)cc1S(=O)(=O)NC1CCC(=O)NC1.